The average molecular weight is 239 g/mol. The van der Waals surface area contributed by atoms with E-state index in [1.807, 2.05) is 0 Å². The summed E-state index contributed by atoms with van der Waals surface area (Å²) in [5, 5.41) is 0. The molecule has 4 N–H and O–H groups in total. The molecular weight excluding hydrogens is 228 g/mol. The van der Waals surface area contributed by atoms with Crippen LogP contribution in [0.4, 0.5) is 8.78 Å². The molecule has 0 unspecified atom stereocenters. The van der Waals surface area contributed by atoms with E-state index in [-0.39, 0.29) is 11.4 Å². The lowest BCUT2D eigenvalue weighted by atomic mass is 10.4. The molecule has 0 amide bonds. The molecule has 1 aromatic heterocycles. The number of nitrogens with one attached hydrogen (secondary N) is 2. The van der Waals surface area contributed by atoms with Gasteiger partial charge in [0.15, 0.2) is 0 Å². The van der Waals surface area contributed by atoms with Gasteiger partial charge >= 0.3 is 0 Å². The first-order valence-corrected chi connectivity index (χ1v) is 5.59. The van der Waals surface area contributed by atoms with Crippen molar-refractivity contribution in [3.63, 3.8) is 0 Å². The molecule has 0 saturated carbocycles. The van der Waals surface area contributed by atoms with Gasteiger partial charge in [-0.05, 0) is 6.07 Å². The quantitative estimate of drug-likeness (QED) is 0.676. The highest BCUT2D eigenvalue weighted by atomic mass is 32.2. The summed E-state index contributed by atoms with van der Waals surface area (Å²) in [6.45, 7) is -0.740. The van der Waals surface area contributed by atoms with Gasteiger partial charge in [-0.3, -0.25) is 0 Å². The molecule has 15 heavy (non-hydrogen) atoms. The van der Waals surface area contributed by atoms with E-state index in [1.54, 1.807) is 4.72 Å². The zero-order valence-corrected chi connectivity index (χ0v) is 8.52. The number of hydrogen-bond donors (Lipinski definition) is 3. The molecule has 1 rings (SSSR count). The van der Waals surface area contributed by atoms with Crippen molar-refractivity contribution in [2.45, 2.75) is 17.9 Å². The number of nitrogens with two attached hydrogens (primary N) is 1. The highest BCUT2D eigenvalue weighted by Gasteiger charge is 2.17. The summed E-state index contributed by atoms with van der Waals surface area (Å²) in [7, 11) is -3.86. The minimum absolute atomic E-state index is 0.0939. The zero-order chi connectivity index (χ0) is 11.5. The van der Waals surface area contributed by atoms with E-state index in [9.17, 15) is 17.2 Å². The Bertz CT molecular complexity index is 416. The molecule has 5 nitrogen and oxygen atoms in total. The molecule has 86 valence electrons. The Morgan fingerprint density at radius 1 is 1.53 bits per heavy atom. The van der Waals surface area contributed by atoms with Crippen molar-refractivity contribution in [1.29, 1.82) is 0 Å². The molecule has 0 saturated heterocycles. The van der Waals surface area contributed by atoms with E-state index in [0.717, 1.165) is 0 Å². The van der Waals surface area contributed by atoms with Crippen LogP contribution in [0.5, 0.6) is 0 Å². The Morgan fingerprint density at radius 3 is 2.67 bits per heavy atom. The van der Waals surface area contributed by atoms with E-state index in [0.29, 0.717) is 5.69 Å². The van der Waals surface area contributed by atoms with Gasteiger partial charge in [-0.15, -0.1) is 0 Å². The zero-order valence-electron chi connectivity index (χ0n) is 7.70. The molecule has 0 aliphatic rings. The summed E-state index contributed by atoms with van der Waals surface area (Å²) in [4.78, 5) is 2.52. The molecule has 0 radical (unpaired) electrons. The van der Waals surface area contributed by atoms with Gasteiger partial charge in [-0.25, -0.2) is 21.9 Å². The van der Waals surface area contributed by atoms with E-state index in [2.05, 4.69) is 4.98 Å². The fraction of sp³-hybridized carbons (Fsp3) is 0.429. The first-order chi connectivity index (χ1) is 6.95. The van der Waals surface area contributed by atoms with Crippen molar-refractivity contribution in [2.75, 3.05) is 6.54 Å². The summed E-state index contributed by atoms with van der Waals surface area (Å²) in [5.74, 6) is 0. The van der Waals surface area contributed by atoms with E-state index < -0.39 is 23.0 Å². The molecule has 0 aliphatic carbocycles. The van der Waals surface area contributed by atoms with E-state index in [1.165, 1.54) is 12.3 Å². The topological polar surface area (TPSA) is 88.0 Å². The number of rotatable bonds is 5. The van der Waals surface area contributed by atoms with Crippen molar-refractivity contribution in [1.82, 2.24) is 9.71 Å². The first kappa shape index (κ1) is 12.1. The van der Waals surface area contributed by atoms with Crippen molar-refractivity contribution >= 4 is 10.0 Å². The van der Waals surface area contributed by atoms with Crippen LogP contribution in [0.15, 0.2) is 17.2 Å². The van der Waals surface area contributed by atoms with Crippen LogP contribution in [0.25, 0.3) is 0 Å². The standard InChI is InChI=1S/C7H11F2N3O2S/c8-7(9)4-12-15(13,14)6-1-5(2-10)11-3-6/h1,3,7,11-12H,2,4,10H2. The smallest absolute Gasteiger partial charge is 0.251 e. The van der Waals surface area contributed by atoms with E-state index >= 15 is 0 Å². The molecule has 0 atom stereocenters. The van der Waals surface area contributed by atoms with Crippen LogP contribution in [0.3, 0.4) is 0 Å². The number of sulfonamides is 1. The van der Waals surface area contributed by atoms with Crippen LogP contribution in [0.2, 0.25) is 0 Å². The second-order valence-electron chi connectivity index (χ2n) is 2.81. The van der Waals surface area contributed by atoms with Gasteiger partial charge < -0.3 is 10.7 Å². The van der Waals surface area contributed by atoms with Gasteiger partial charge in [0.05, 0.1) is 11.4 Å². The molecule has 8 heteroatoms. The third-order valence-electron chi connectivity index (χ3n) is 1.67. The molecule has 0 aliphatic heterocycles. The lowest BCUT2D eigenvalue weighted by molar-refractivity contribution is 0.153. The second kappa shape index (κ2) is 4.69. The Morgan fingerprint density at radius 2 is 2.20 bits per heavy atom. The number of hydrogen-bond acceptors (Lipinski definition) is 3. The number of aromatic nitrogens is 1. The predicted octanol–water partition coefficient (Wildman–Crippen LogP) is 0.0168. The van der Waals surface area contributed by atoms with Gasteiger partial charge in [-0.2, -0.15) is 0 Å². The average Bonchev–Trinajstić information content (AvgIpc) is 2.63. The molecule has 0 aromatic carbocycles. The number of H-pyrrole nitrogens is 1. The van der Waals surface area contributed by atoms with Crippen LogP contribution in [-0.4, -0.2) is 26.4 Å². The normalized spacial score (nSPS) is 12.3. The van der Waals surface area contributed by atoms with Crippen LogP contribution >= 0.6 is 0 Å². The van der Waals surface area contributed by atoms with Crippen LogP contribution in [0.1, 0.15) is 5.69 Å². The highest BCUT2D eigenvalue weighted by molar-refractivity contribution is 7.89. The van der Waals surface area contributed by atoms with Gasteiger partial charge in [-0.1, -0.05) is 0 Å². The van der Waals surface area contributed by atoms with Gasteiger partial charge in [0.2, 0.25) is 10.0 Å². The first-order valence-electron chi connectivity index (χ1n) is 4.11. The SMILES string of the molecule is NCc1cc(S(=O)(=O)NCC(F)F)c[nH]1. The fourth-order valence-electron chi connectivity index (χ4n) is 0.948. The van der Waals surface area contributed by atoms with Crippen molar-refractivity contribution in [3.8, 4) is 0 Å². The Kier molecular flexibility index (Phi) is 3.77. The van der Waals surface area contributed by atoms with Crippen molar-refractivity contribution < 1.29 is 17.2 Å². The summed E-state index contributed by atoms with van der Waals surface area (Å²) in [5.41, 5.74) is 5.78. The molecule has 1 aromatic rings. The maximum Gasteiger partial charge on any atom is 0.251 e. The minimum Gasteiger partial charge on any atom is -0.363 e. The maximum atomic E-state index is 11.8. The molecule has 0 fully saturated rings. The molecular formula is C7H11F2N3O2S. The monoisotopic (exact) mass is 239 g/mol. The lowest BCUT2D eigenvalue weighted by Gasteiger charge is -2.02. The number of alkyl halides is 2. The maximum absolute atomic E-state index is 11.8. The number of aromatic amines is 1. The lowest BCUT2D eigenvalue weighted by Crippen LogP contribution is -2.28. The largest absolute Gasteiger partial charge is 0.363 e. The Labute approximate surface area is 85.7 Å². The number of halogens is 2. The summed E-state index contributed by atoms with van der Waals surface area (Å²) in [6, 6.07) is 1.30. The van der Waals surface area contributed by atoms with Gasteiger partial charge in [0.25, 0.3) is 6.43 Å². The second-order valence-corrected chi connectivity index (χ2v) is 4.57. The van der Waals surface area contributed by atoms with E-state index in [4.69, 9.17) is 5.73 Å². The summed E-state index contributed by atoms with van der Waals surface area (Å²) >= 11 is 0. The summed E-state index contributed by atoms with van der Waals surface area (Å²) < 4.78 is 48.1. The fourth-order valence-corrected chi connectivity index (χ4v) is 1.97. The molecule has 0 spiro atoms. The van der Waals surface area contributed by atoms with Crippen LogP contribution in [-0.2, 0) is 16.6 Å². The highest BCUT2D eigenvalue weighted by Crippen LogP contribution is 2.10. The van der Waals surface area contributed by atoms with Gasteiger partial charge in [0, 0.05) is 18.4 Å². The summed E-state index contributed by atoms with van der Waals surface area (Å²) in [6.07, 6.45) is -1.51. The van der Waals surface area contributed by atoms with Crippen molar-refractivity contribution in [3.05, 3.63) is 18.0 Å². The molecule has 0 bridgehead atoms. The predicted molar refractivity (Wildman–Crippen MR) is 49.9 cm³/mol. The van der Waals surface area contributed by atoms with Gasteiger partial charge in [0.1, 0.15) is 0 Å². The molecule has 1 heterocycles. The van der Waals surface area contributed by atoms with Crippen LogP contribution < -0.4 is 10.5 Å². The third-order valence-corrected chi connectivity index (χ3v) is 3.08. The minimum atomic E-state index is -3.86. The van der Waals surface area contributed by atoms with Crippen LogP contribution in [0, 0.1) is 0 Å². The Balaban J connectivity index is 2.77. The third kappa shape index (κ3) is 3.26. The van der Waals surface area contributed by atoms with Crippen molar-refractivity contribution in [2.24, 2.45) is 5.73 Å². The Hall–Kier alpha value is -0.990.